The van der Waals surface area contributed by atoms with Crippen molar-refractivity contribution in [3.63, 3.8) is 0 Å². The lowest BCUT2D eigenvalue weighted by Gasteiger charge is -2.36. The van der Waals surface area contributed by atoms with E-state index in [1.54, 1.807) is 6.08 Å². The molecule has 0 radical (unpaired) electrons. The Morgan fingerprint density at radius 3 is 2.75 bits per heavy atom. The van der Waals surface area contributed by atoms with Gasteiger partial charge in [0.15, 0.2) is 0 Å². The molecular weight excluding hydrogens is 276 g/mol. The molecule has 6 heteroatoms. The number of nitrogens with one attached hydrogen (secondary N) is 1. The average Bonchev–Trinajstić information content (AvgIpc) is 2.63. The third-order valence-corrected chi connectivity index (χ3v) is 3.14. The van der Waals surface area contributed by atoms with Crippen LogP contribution in [-0.4, -0.2) is 57.0 Å². The van der Waals surface area contributed by atoms with Crippen LogP contribution in [0, 0.1) is 0 Å². The van der Waals surface area contributed by atoms with Crippen LogP contribution in [0.4, 0.5) is 0 Å². The molecule has 0 amide bonds. The van der Waals surface area contributed by atoms with Crippen LogP contribution in [0.15, 0.2) is 11.9 Å². The molecule has 0 aromatic carbocycles. The van der Waals surface area contributed by atoms with Gasteiger partial charge in [-0.25, -0.2) is 4.79 Å². The van der Waals surface area contributed by atoms with E-state index in [0.717, 1.165) is 49.7 Å². The highest BCUT2D eigenvalue weighted by atomic mass is 79.9. The summed E-state index contributed by atoms with van der Waals surface area (Å²) in [6.45, 7) is 5.36. The first-order valence-corrected chi connectivity index (χ1v) is 5.25. The van der Waals surface area contributed by atoms with E-state index in [1.807, 2.05) is 0 Å². The first-order chi connectivity index (χ1) is 7.27. The van der Waals surface area contributed by atoms with Crippen molar-refractivity contribution in [2.24, 2.45) is 0 Å². The van der Waals surface area contributed by atoms with E-state index in [1.165, 1.54) is 7.11 Å². The Morgan fingerprint density at radius 1 is 1.44 bits per heavy atom. The van der Waals surface area contributed by atoms with Crippen LogP contribution in [0.3, 0.4) is 0 Å². The Labute approximate surface area is 106 Å². The number of halogens is 1. The van der Waals surface area contributed by atoms with E-state index < -0.39 is 0 Å². The smallest absolute Gasteiger partial charge is 0.338 e. The van der Waals surface area contributed by atoms with Gasteiger partial charge in [0.25, 0.3) is 0 Å². The van der Waals surface area contributed by atoms with Gasteiger partial charge >= 0.3 is 5.97 Å². The second-order valence-corrected chi connectivity index (χ2v) is 3.91. The first-order valence-electron chi connectivity index (χ1n) is 5.25. The lowest BCUT2D eigenvalue weighted by Crippen LogP contribution is -3.00. The molecule has 1 spiro atoms. The van der Waals surface area contributed by atoms with Crippen molar-refractivity contribution in [1.82, 2.24) is 5.32 Å². The zero-order chi connectivity index (χ0) is 10.7. The largest absolute Gasteiger partial charge is 1.00 e. The van der Waals surface area contributed by atoms with Crippen LogP contribution in [0.25, 0.3) is 0 Å². The third kappa shape index (κ3) is 2.56. The van der Waals surface area contributed by atoms with E-state index >= 15 is 0 Å². The molecule has 2 heterocycles. The topological polar surface area (TPSA) is 47.6 Å². The number of ether oxygens (including phenoxy) is 2. The van der Waals surface area contributed by atoms with Gasteiger partial charge in [-0.15, -0.1) is 0 Å². The Balaban J connectivity index is 0.00000128. The van der Waals surface area contributed by atoms with Gasteiger partial charge in [-0.05, 0) is 0 Å². The number of esters is 1. The molecule has 2 saturated heterocycles. The maximum atomic E-state index is 11.2. The summed E-state index contributed by atoms with van der Waals surface area (Å²) in [5.74, 6) is 0.688. The van der Waals surface area contributed by atoms with Gasteiger partial charge in [-0.1, -0.05) is 0 Å². The van der Waals surface area contributed by atoms with Crippen molar-refractivity contribution in [3.05, 3.63) is 11.9 Å². The molecule has 2 rings (SSSR count). The number of rotatable bonds is 1. The highest BCUT2D eigenvalue weighted by Gasteiger charge is 2.39. The maximum Gasteiger partial charge on any atom is 0.338 e. The molecule has 92 valence electrons. The summed E-state index contributed by atoms with van der Waals surface area (Å²) in [5, 5.41) is 3.26. The Morgan fingerprint density at radius 2 is 2.12 bits per heavy atom. The normalized spacial score (nSPS) is 24.9. The number of hydrogen-bond acceptors (Lipinski definition) is 4. The van der Waals surface area contributed by atoms with Gasteiger partial charge < -0.3 is 31.8 Å². The van der Waals surface area contributed by atoms with Crippen molar-refractivity contribution < 1.29 is 35.7 Å². The summed E-state index contributed by atoms with van der Waals surface area (Å²) >= 11 is 0. The van der Waals surface area contributed by atoms with E-state index in [-0.39, 0.29) is 23.0 Å². The number of carbonyl (C=O) groups is 1. The van der Waals surface area contributed by atoms with Crippen LogP contribution in [0.1, 0.15) is 0 Å². The fourth-order valence-corrected chi connectivity index (χ4v) is 2.20. The fourth-order valence-electron chi connectivity index (χ4n) is 2.20. The van der Waals surface area contributed by atoms with Gasteiger partial charge in [0.1, 0.15) is 25.7 Å². The SMILES string of the molecule is COC(=O)/C=C1/NCC[N+]12CCOCC2.[Br-]. The summed E-state index contributed by atoms with van der Waals surface area (Å²) in [7, 11) is 1.40. The molecule has 16 heavy (non-hydrogen) atoms. The minimum atomic E-state index is -0.289. The maximum absolute atomic E-state index is 11.2. The zero-order valence-corrected chi connectivity index (χ0v) is 11.0. The lowest BCUT2D eigenvalue weighted by atomic mass is 10.3. The molecule has 0 saturated carbocycles. The molecule has 0 atom stereocenters. The van der Waals surface area contributed by atoms with Gasteiger partial charge in [0, 0.05) is 0 Å². The highest BCUT2D eigenvalue weighted by Crippen LogP contribution is 2.22. The lowest BCUT2D eigenvalue weighted by molar-refractivity contribution is -0.891. The van der Waals surface area contributed by atoms with Gasteiger partial charge in [-0.3, -0.25) is 4.48 Å². The second kappa shape index (κ2) is 5.65. The molecule has 2 aliphatic rings. The molecule has 2 aliphatic heterocycles. The Bertz CT molecular complexity index is 288. The van der Waals surface area contributed by atoms with Crippen LogP contribution in [-0.2, 0) is 14.3 Å². The van der Waals surface area contributed by atoms with Gasteiger partial charge in [-0.2, -0.15) is 0 Å². The minimum Gasteiger partial charge on any atom is -1.00 e. The monoisotopic (exact) mass is 292 g/mol. The molecule has 0 aliphatic carbocycles. The summed E-state index contributed by atoms with van der Waals surface area (Å²) in [5.41, 5.74) is 0. The number of carbonyl (C=O) groups excluding carboxylic acids is 1. The van der Waals surface area contributed by atoms with Crippen LogP contribution >= 0.6 is 0 Å². The standard InChI is InChI=1S/C10H16N2O3.BrH/c1-14-10(13)8-9-11-2-3-12(9)4-6-15-7-5-12;/h8H,2-7H2,1H3;1H. The molecule has 2 fully saturated rings. The van der Waals surface area contributed by atoms with Gasteiger partial charge in [0.2, 0.25) is 5.82 Å². The number of hydrogen-bond donors (Lipinski definition) is 1. The first kappa shape index (κ1) is 13.5. The number of quaternary nitrogens is 1. The molecule has 0 bridgehead atoms. The molecular formula is C10H17BrN2O3. The number of methoxy groups -OCH3 is 1. The quantitative estimate of drug-likeness (QED) is 0.309. The summed E-state index contributed by atoms with van der Waals surface area (Å²) in [4.78, 5) is 11.2. The Hall–Kier alpha value is -0.590. The van der Waals surface area contributed by atoms with E-state index in [2.05, 4.69) is 10.1 Å². The summed E-state index contributed by atoms with van der Waals surface area (Å²) in [6, 6.07) is 0. The van der Waals surface area contributed by atoms with E-state index in [9.17, 15) is 4.79 Å². The van der Waals surface area contributed by atoms with E-state index in [4.69, 9.17) is 4.74 Å². The number of nitrogens with zero attached hydrogens (tertiary/aromatic N) is 1. The fraction of sp³-hybridized carbons (Fsp3) is 0.700. The van der Waals surface area contributed by atoms with Crippen molar-refractivity contribution in [2.75, 3.05) is 46.5 Å². The van der Waals surface area contributed by atoms with Crippen molar-refractivity contribution in [3.8, 4) is 0 Å². The van der Waals surface area contributed by atoms with Crippen LogP contribution < -0.4 is 22.3 Å². The molecule has 0 unspecified atom stereocenters. The molecule has 0 aromatic rings. The highest BCUT2D eigenvalue weighted by molar-refractivity contribution is 5.82. The Kier molecular flexibility index (Phi) is 4.76. The average molecular weight is 293 g/mol. The predicted octanol–water partition coefficient (Wildman–Crippen LogP) is -3.54. The van der Waals surface area contributed by atoms with Crippen molar-refractivity contribution in [2.45, 2.75) is 0 Å². The van der Waals surface area contributed by atoms with Crippen molar-refractivity contribution >= 4 is 5.97 Å². The summed E-state index contributed by atoms with van der Waals surface area (Å²) in [6.07, 6.45) is 1.57. The zero-order valence-electron chi connectivity index (χ0n) is 9.37. The predicted molar refractivity (Wildman–Crippen MR) is 53.8 cm³/mol. The third-order valence-electron chi connectivity index (χ3n) is 3.14. The molecule has 1 N–H and O–H groups in total. The van der Waals surface area contributed by atoms with Crippen LogP contribution in [0.2, 0.25) is 0 Å². The summed E-state index contributed by atoms with van der Waals surface area (Å²) < 4.78 is 10.8. The van der Waals surface area contributed by atoms with Crippen molar-refractivity contribution in [1.29, 1.82) is 0 Å². The molecule has 0 aromatic heterocycles. The van der Waals surface area contributed by atoms with E-state index in [0.29, 0.717) is 0 Å². The number of morpholine rings is 1. The second-order valence-electron chi connectivity index (χ2n) is 3.91. The molecule has 5 nitrogen and oxygen atoms in total. The van der Waals surface area contributed by atoms with Crippen LogP contribution in [0.5, 0.6) is 0 Å². The minimum absolute atomic E-state index is 0. The van der Waals surface area contributed by atoms with Gasteiger partial charge in [0.05, 0.1) is 26.9 Å².